The molecule has 0 aliphatic carbocycles. The molecule has 0 aliphatic heterocycles. The molecule has 0 aliphatic rings. The topological polar surface area (TPSA) is 68.7 Å². The molecule has 0 atom stereocenters. The maximum absolute atomic E-state index is 10.6. The van der Waals surface area contributed by atoms with E-state index in [0.717, 1.165) is 11.8 Å². The fourth-order valence-corrected chi connectivity index (χ4v) is 2.35. The number of carboxylic acid groups (broad SMARTS) is 1. The van der Waals surface area contributed by atoms with Gasteiger partial charge in [0.15, 0.2) is 11.5 Å². The number of ether oxygens (including phenoxy) is 2. The van der Waals surface area contributed by atoms with Gasteiger partial charge in [0.1, 0.15) is 6.61 Å². The molecule has 6 heteroatoms. The number of pyridine rings is 1. The smallest absolute Gasteiger partial charge is 0.328 e. The van der Waals surface area contributed by atoms with Gasteiger partial charge in [0.25, 0.3) is 0 Å². The van der Waals surface area contributed by atoms with E-state index in [1.54, 1.807) is 18.3 Å². The molecule has 1 heterocycles. The number of nitrogens with zero attached hydrogens (tertiary/aromatic N) is 1. The highest BCUT2D eigenvalue weighted by Gasteiger charge is 2.11. The molecule has 0 amide bonds. The van der Waals surface area contributed by atoms with E-state index in [1.165, 1.54) is 13.2 Å². The summed E-state index contributed by atoms with van der Waals surface area (Å²) in [7, 11) is 1.53. The lowest BCUT2D eigenvalue weighted by atomic mass is 10.2. The molecule has 2 aromatic rings. The number of carbonyl (C=O) groups is 1. The standard InChI is InChI=1S/C16H14BrNO4/c1-21-14-9-11(5-6-15(19)20)8-13(17)16(14)22-10-12-4-2-3-7-18-12/h2-9H,10H2,1H3,(H,19,20)/b6-5+. The van der Waals surface area contributed by atoms with Crippen LogP contribution in [0, 0.1) is 0 Å². The zero-order valence-corrected chi connectivity index (χ0v) is 13.4. The first-order valence-electron chi connectivity index (χ1n) is 6.41. The van der Waals surface area contributed by atoms with Crippen LogP contribution in [-0.2, 0) is 11.4 Å². The Hall–Kier alpha value is -2.34. The molecule has 0 saturated heterocycles. The molecule has 1 N–H and O–H groups in total. The van der Waals surface area contributed by atoms with E-state index in [2.05, 4.69) is 20.9 Å². The summed E-state index contributed by atoms with van der Waals surface area (Å²) in [5.41, 5.74) is 1.49. The average molecular weight is 364 g/mol. The largest absolute Gasteiger partial charge is 0.493 e. The first-order valence-corrected chi connectivity index (χ1v) is 7.20. The second-order valence-electron chi connectivity index (χ2n) is 4.32. The number of hydrogen-bond donors (Lipinski definition) is 1. The molecular formula is C16H14BrNO4. The lowest BCUT2D eigenvalue weighted by Crippen LogP contribution is -2.00. The van der Waals surface area contributed by atoms with E-state index in [9.17, 15) is 4.79 Å². The molecular weight excluding hydrogens is 350 g/mol. The summed E-state index contributed by atoms with van der Waals surface area (Å²) in [6.45, 7) is 0.306. The highest BCUT2D eigenvalue weighted by atomic mass is 79.9. The third kappa shape index (κ3) is 4.33. The van der Waals surface area contributed by atoms with Crippen molar-refractivity contribution in [2.45, 2.75) is 6.61 Å². The van der Waals surface area contributed by atoms with E-state index < -0.39 is 5.97 Å². The highest BCUT2D eigenvalue weighted by molar-refractivity contribution is 9.10. The lowest BCUT2D eigenvalue weighted by molar-refractivity contribution is -0.131. The van der Waals surface area contributed by atoms with Crippen LogP contribution in [0.5, 0.6) is 11.5 Å². The van der Waals surface area contributed by atoms with Gasteiger partial charge < -0.3 is 14.6 Å². The van der Waals surface area contributed by atoms with Crippen molar-refractivity contribution in [3.05, 3.63) is 58.3 Å². The van der Waals surface area contributed by atoms with Gasteiger partial charge in [-0.3, -0.25) is 4.98 Å². The lowest BCUT2D eigenvalue weighted by Gasteiger charge is -2.13. The quantitative estimate of drug-likeness (QED) is 0.795. The van der Waals surface area contributed by atoms with Crippen LogP contribution in [0.15, 0.2) is 47.1 Å². The number of benzene rings is 1. The molecule has 5 nitrogen and oxygen atoms in total. The van der Waals surface area contributed by atoms with E-state index in [0.29, 0.717) is 28.1 Å². The number of carboxylic acids is 1. The Labute approximate surface area is 136 Å². The Morgan fingerprint density at radius 3 is 2.86 bits per heavy atom. The van der Waals surface area contributed by atoms with Crippen molar-refractivity contribution in [2.75, 3.05) is 7.11 Å². The highest BCUT2D eigenvalue weighted by Crippen LogP contribution is 2.37. The zero-order valence-electron chi connectivity index (χ0n) is 11.8. The maximum atomic E-state index is 10.6. The second kappa shape index (κ2) is 7.61. The summed E-state index contributed by atoms with van der Waals surface area (Å²) in [5.74, 6) is 0.0431. The fraction of sp³-hybridized carbons (Fsp3) is 0.125. The molecule has 0 unspecified atom stereocenters. The van der Waals surface area contributed by atoms with Crippen LogP contribution >= 0.6 is 15.9 Å². The number of methoxy groups -OCH3 is 1. The van der Waals surface area contributed by atoms with Crippen molar-refractivity contribution >= 4 is 28.0 Å². The molecule has 22 heavy (non-hydrogen) atoms. The third-order valence-corrected chi connectivity index (χ3v) is 3.35. The average Bonchev–Trinajstić information content (AvgIpc) is 2.52. The van der Waals surface area contributed by atoms with Crippen molar-refractivity contribution < 1.29 is 19.4 Å². The molecule has 0 radical (unpaired) electrons. The van der Waals surface area contributed by atoms with Crippen LogP contribution in [0.4, 0.5) is 0 Å². The van der Waals surface area contributed by atoms with Crippen LogP contribution in [0.25, 0.3) is 6.08 Å². The number of rotatable bonds is 6. The fourth-order valence-electron chi connectivity index (χ4n) is 1.77. The minimum absolute atomic E-state index is 0.306. The van der Waals surface area contributed by atoms with E-state index in [4.69, 9.17) is 14.6 Å². The number of aliphatic carboxylic acids is 1. The van der Waals surface area contributed by atoms with Crippen molar-refractivity contribution in [1.82, 2.24) is 4.98 Å². The predicted molar refractivity (Wildman–Crippen MR) is 85.9 cm³/mol. The predicted octanol–water partition coefficient (Wildman–Crippen LogP) is 3.53. The van der Waals surface area contributed by atoms with E-state index in [1.807, 2.05) is 18.2 Å². The Morgan fingerprint density at radius 1 is 1.41 bits per heavy atom. The molecule has 0 bridgehead atoms. The van der Waals surface area contributed by atoms with Crippen molar-refractivity contribution in [3.63, 3.8) is 0 Å². The van der Waals surface area contributed by atoms with Crippen molar-refractivity contribution in [1.29, 1.82) is 0 Å². The minimum Gasteiger partial charge on any atom is -0.493 e. The number of hydrogen-bond acceptors (Lipinski definition) is 4. The second-order valence-corrected chi connectivity index (χ2v) is 5.17. The molecule has 2 rings (SSSR count). The van der Waals surface area contributed by atoms with Crippen LogP contribution < -0.4 is 9.47 Å². The molecule has 0 spiro atoms. The van der Waals surface area contributed by atoms with Gasteiger partial charge in [-0.25, -0.2) is 4.79 Å². The normalized spacial score (nSPS) is 10.6. The van der Waals surface area contributed by atoms with Gasteiger partial charge in [-0.15, -0.1) is 0 Å². The van der Waals surface area contributed by atoms with E-state index >= 15 is 0 Å². The molecule has 1 aromatic carbocycles. The van der Waals surface area contributed by atoms with Gasteiger partial charge >= 0.3 is 5.97 Å². The van der Waals surface area contributed by atoms with Crippen LogP contribution in [0.3, 0.4) is 0 Å². The van der Waals surface area contributed by atoms with Crippen LogP contribution in [0.1, 0.15) is 11.3 Å². The Kier molecular flexibility index (Phi) is 5.55. The molecule has 0 fully saturated rings. The monoisotopic (exact) mass is 363 g/mol. The summed E-state index contributed by atoms with van der Waals surface area (Å²) >= 11 is 3.41. The minimum atomic E-state index is -1.01. The molecule has 1 aromatic heterocycles. The SMILES string of the molecule is COc1cc(/C=C/C(=O)O)cc(Br)c1OCc1ccccn1. The van der Waals surface area contributed by atoms with E-state index in [-0.39, 0.29) is 0 Å². The number of halogens is 1. The molecule has 114 valence electrons. The zero-order chi connectivity index (χ0) is 15.9. The van der Waals surface area contributed by atoms with Gasteiger partial charge in [-0.1, -0.05) is 6.07 Å². The number of aromatic nitrogens is 1. The first-order chi connectivity index (χ1) is 10.6. The van der Waals surface area contributed by atoms with Gasteiger partial charge in [0, 0.05) is 12.3 Å². The van der Waals surface area contributed by atoms with Crippen LogP contribution in [0.2, 0.25) is 0 Å². The van der Waals surface area contributed by atoms with Gasteiger partial charge in [-0.05, 0) is 51.8 Å². The summed E-state index contributed by atoms with van der Waals surface area (Å²) in [6.07, 6.45) is 4.25. The van der Waals surface area contributed by atoms with Crippen molar-refractivity contribution in [3.8, 4) is 11.5 Å². The van der Waals surface area contributed by atoms with Gasteiger partial charge in [0.05, 0.1) is 17.3 Å². The summed E-state index contributed by atoms with van der Waals surface area (Å²) in [4.78, 5) is 14.8. The Bertz CT molecular complexity index is 686. The maximum Gasteiger partial charge on any atom is 0.328 e. The van der Waals surface area contributed by atoms with Crippen LogP contribution in [-0.4, -0.2) is 23.2 Å². The first kappa shape index (κ1) is 16.0. The Balaban J connectivity index is 2.22. The summed E-state index contributed by atoms with van der Waals surface area (Å²) < 4.78 is 11.7. The van der Waals surface area contributed by atoms with Gasteiger partial charge in [-0.2, -0.15) is 0 Å². The summed E-state index contributed by atoms with van der Waals surface area (Å²) in [6, 6.07) is 9.05. The van der Waals surface area contributed by atoms with Gasteiger partial charge in [0.2, 0.25) is 0 Å². The molecule has 0 saturated carbocycles. The third-order valence-electron chi connectivity index (χ3n) is 2.76. The summed E-state index contributed by atoms with van der Waals surface area (Å²) in [5, 5.41) is 8.67. The van der Waals surface area contributed by atoms with Crippen molar-refractivity contribution in [2.24, 2.45) is 0 Å². The Morgan fingerprint density at radius 2 is 2.23 bits per heavy atom.